The van der Waals surface area contributed by atoms with Crippen LogP contribution in [-0.2, 0) is 24.3 Å². The van der Waals surface area contributed by atoms with Gasteiger partial charge in [0.15, 0.2) is 12.4 Å². The monoisotopic (exact) mass is 450 g/mol. The zero-order valence-electron chi connectivity index (χ0n) is 16.4. The standard InChI is InChI=1S/C20H22N2O6S2/c1-14(23)16-5-2-3-6-17(16)21-18(24)13-28-20(25)15-8-10-22(11-9-15)30(26,27)19-7-4-12-29-19/h2-7,12,15H,8-11,13H2,1H3,(H,21,24). The van der Waals surface area contributed by atoms with Gasteiger partial charge >= 0.3 is 5.97 Å². The van der Waals surface area contributed by atoms with Crippen LogP contribution in [0.25, 0.3) is 0 Å². The molecular weight excluding hydrogens is 428 g/mol. The van der Waals surface area contributed by atoms with Gasteiger partial charge in [-0.1, -0.05) is 18.2 Å². The van der Waals surface area contributed by atoms with Crippen LogP contribution >= 0.6 is 11.3 Å². The number of piperidine rings is 1. The number of carbonyl (C=O) groups excluding carboxylic acids is 3. The maximum absolute atomic E-state index is 12.5. The van der Waals surface area contributed by atoms with Gasteiger partial charge < -0.3 is 10.1 Å². The molecule has 30 heavy (non-hydrogen) atoms. The fraction of sp³-hybridized carbons (Fsp3) is 0.350. The summed E-state index contributed by atoms with van der Waals surface area (Å²) in [5.74, 6) is -1.72. The van der Waals surface area contributed by atoms with Crippen molar-refractivity contribution in [2.45, 2.75) is 24.0 Å². The molecule has 8 nitrogen and oxygen atoms in total. The van der Waals surface area contributed by atoms with Gasteiger partial charge in [0.2, 0.25) is 0 Å². The number of Topliss-reactive ketones (excluding diaryl/α,β-unsaturated/α-hetero) is 1. The van der Waals surface area contributed by atoms with Crippen LogP contribution in [0.4, 0.5) is 5.69 Å². The molecule has 0 spiro atoms. The number of sulfonamides is 1. The maximum atomic E-state index is 12.5. The number of ether oxygens (including phenoxy) is 1. The molecule has 0 radical (unpaired) electrons. The van der Waals surface area contributed by atoms with Crippen molar-refractivity contribution in [3.05, 3.63) is 47.3 Å². The van der Waals surface area contributed by atoms with E-state index >= 15 is 0 Å². The summed E-state index contributed by atoms with van der Waals surface area (Å²) in [6.45, 7) is 1.37. The first kappa shape index (κ1) is 22.1. The van der Waals surface area contributed by atoms with Crippen molar-refractivity contribution in [3.8, 4) is 0 Å². The van der Waals surface area contributed by atoms with Crippen LogP contribution < -0.4 is 5.32 Å². The highest BCUT2D eigenvalue weighted by atomic mass is 32.2. The fourth-order valence-corrected chi connectivity index (χ4v) is 5.82. The van der Waals surface area contributed by atoms with Gasteiger partial charge in [0.25, 0.3) is 15.9 Å². The Morgan fingerprint density at radius 2 is 1.83 bits per heavy atom. The quantitative estimate of drug-likeness (QED) is 0.513. The number of hydrogen-bond acceptors (Lipinski definition) is 7. The highest BCUT2D eigenvalue weighted by Gasteiger charge is 2.33. The Morgan fingerprint density at radius 3 is 2.47 bits per heavy atom. The minimum absolute atomic E-state index is 0.188. The van der Waals surface area contributed by atoms with Gasteiger partial charge in [-0.05, 0) is 43.3 Å². The van der Waals surface area contributed by atoms with Crippen LogP contribution in [0.2, 0.25) is 0 Å². The Labute approximate surface area is 178 Å². The van der Waals surface area contributed by atoms with Crippen molar-refractivity contribution in [1.29, 1.82) is 0 Å². The van der Waals surface area contributed by atoms with Crippen molar-refractivity contribution in [3.63, 3.8) is 0 Å². The number of hydrogen-bond donors (Lipinski definition) is 1. The molecule has 1 fully saturated rings. The lowest BCUT2D eigenvalue weighted by Crippen LogP contribution is -2.40. The van der Waals surface area contributed by atoms with Crippen molar-refractivity contribution >= 4 is 44.7 Å². The van der Waals surface area contributed by atoms with Gasteiger partial charge in [-0.2, -0.15) is 4.31 Å². The molecule has 10 heteroatoms. The number of para-hydroxylation sites is 1. The number of nitrogens with zero attached hydrogens (tertiary/aromatic N) is 1. The molecule has 160 valence electrons. The topological polar surface area (TPSA) is 110 Å². The molecule has 1 N–H and O–H groups in total. The number of thiophene rings is 1. The van der Waals surface area contributed by atoms with Gasteiger partial charge in [0.1, 0.15) is 4.21 Å². The van der Waals surface area contributed by atoms with Crippen molar-refractivity contribution in [1.82, 2.24) is 4.31 Å². The lowest BCUT2D eigenvalue weighted by molar-refractivity contribution is -0.152. The average molecular weight is 451 g/mol. The van der Waals surface area contributed by atoms with E-state index in [9.17, 15) is 22.8 Å². The minimum atomic E-state index is -3.53. The van der Waals surface area contributed by atoms with E-state index in [4.69, 9.17) is 4.74 Å². The Kier molecular flexibility index (Phi) is 7.01. The highest BCUT2D eigenvalue weighted by Crippen LogP contribution is 2.26. The molecule has 0 bridgehead atoms. The van der Waals surface area contributed by atoms with Crippen LogP contribution in [0.5, 0.6) is 0 Å². The number of ketones is 1. The van der Waals surface area contributed by atoms with Gasteiger partial charge in [0.05, 0.1) is 11.6 Å². The van der Waals surface area contributed by atoms with Crippen molar-refractivity contribution < 1.29 is 27.5 Å². The van der Waals surface area contributed by atoms with E-state index in [2.05, 4.69) is 5.32 Å². The first-order valence-corrected chi connectivity index (χ1v) is 11.7. The van der Waals surface area contributed by atoms with Crippen molar-refractivity contribution in [2.75, 3.05) is 25.0 Å². The largest absolute Gasteiger partial charge is 0.455 e. The number of carbonyl (C=O) groups is 3. The molecule has 3 rings (SSSR count). The molecule has 1 aromatic heterocycles. The third kappa shape index (κ3) is 5.13. The Hall–Kier alpha value is -2.56. The summed E-state index contributed by atoms with van der Waals surface area (Å²) < 4.78 is 31.8. The number of amides is 1. The Morgan fingerprint density at radius 1 is 1.13 bits per heavy atom. The molecule has 1 aliphatic rings. The van der Waals surface area contributed by atoms with Gasteiger partial charge in [-0.25, -0.2) is 8.42 Å². The minimum Gasteiger partial charge on any atom is -0.455 e. The van der Waals surface area contributed by atoms with Crippen LogP contribution in [-0.4, -0.2) is 50.1 Å². The zero-order valence-corrected chi connectivity index (χ0v) is 18.0. The zero-order chi connectivity index (χ0) is 21.7. The molecule has 1 saturated heterocycles. The van der Waals surface area contributed by atoms with E-state index in [-0.39, 0.29) is 23.1 Å². The molecule has 0 aliphatic carbocycles. The second-order valence-electron chi connectivity index (χ2n) is 6.87. The third-order valence-electron chi connectivity index (χ3n) is 4.80. The fourth-order valence-electron chi connectivity index (χ4n) is 3.21. The predicted octanol–water partition coefficient (Wildman–Crippen LogP) is 2.53. The first-order chi connectivity index (χ1) is 14.3. The molecule has 2 heterocycles. The lowest BCUT2D eigenvalue weighted by Gasteiger charge is -2.29. The molecule has 1 aliphatic heterocycles. The summed E-state index contributed by atoms with van der Waals surface area (Å²) >= 11 is 1.16. The number of anilines is 1. The van der Waals surface area contributed by atoms with Gasteiger partial charge in [0, 0.05) is 18.7 Å². The van der Waals surface area contributed by atoms with Crippen LogP contribution in [0.3, 0.4) is 0 Å². The van der Waals surface area contributed by atoms with E-state index in [1.165, 1.54) is 11.2 Å². The smallest absolute Gasteiger partial charge is 0.309 e. The second kappa shape index (κ2) is 9.50. The Balaban J connectivity index is 1.48. The van der Waals surface area contributed by atoms with Crippen molar-refractivity contribution in [2.24, 2.45) is 5.92 Å². The number of esters is 1. The summed E-state index contributed by atoms with van der Waals surface area (Å²) in [4.78, 5) is 36.0. The summed E-state index contributed by atoms with van der Waals surface area (Å²) in [5.41, 5.74) is 0.731. The highest BCUT2D eigenvalue weighted by molar-refractivity contribution is 7.91. The van der Waals surface area contributed by atoms with Crippen LogP contribution in [0, 0.1) is 5.92 Å². The molecule has 1 aromatic carbocycles. The molecule has 0 atom stereocenters. The first-order valence-electron chi connectivity index (χ1n) is 9.39. The summed E-state index contributed by atoms with van der Waals surface area (Å²) in [7, 11) is -3.53. The lowest BCUT2D eigenvalue weighted by atomic mass is 9.98. The SMILES string of the molecule is CC(=O)c1ccccc1NC(=O)COC(=O)C1CCN(S(=O)(=O)c2cccs2)CC1. The second-order valence-corrected chi connectivity index (χ2v) is 9.98. The summed E-state index contributed by atoms with van der Waals surface area (Å²) in [6.07, 6.45) is 0.663. The maximum Gasteiger partial charge on any atom is 0.309 e. The number of nitrogens with one attached hydrogen (secondary N) is 1. The van der Waals surface area contributed by atoms with Crippen LogP contribution in [0.15, 0.2) is 46.0 Å². The predicted molar refractivity (Wildman–Crippen MR) is 112 cm³/mol. The number of benzene rings is 1. The van der Waals surface area contributed by atoms with E-state index in [1.54, 1.807) is 41.8 Å². The van der Waals surface area contributed by atoms with Gasteiger partial charge in [-0.15, -0.1) is 11.3 Å². The average Bonchev–Trinajstić information content (AvgIpc) is 3.28. The van der Waals surface area contributed by atoms with E-state index in [0.29, 0.717) is 24.1 Å². The summed E-state index contributed by atoms with van der Waals surface area (Å²) in [5, 5.41) is 4.27. The molecule has 0 saturated carbocycles. The molecule has 2 aromatic rings. The van der Waals surface area contributed by atoms with Crippen LogP contribution in [0.1, 0.15) is 30.1 Å². The molecular formula is C20H22N2O6S2. The van der Waals surface area contributed by atoms with E-state index in [0.717, 1.165) is 11.3 Å². The molecule has 1 amide bonds. The molecule has 0 unspecified atom stereocenters. The Bertz CT molecular complexity index is 1030. The van der Waals surface area contributed by atoms with E-state index < -0.39 is 34.4 Å². The normalized spacial score (nSPS) is 15.5. The summed E-state index contributed by atoms with van der Waals surface area (Å²) in [6, 6.07) is 9.82. The third-order valence-corrected chi connectivity index (χ3v) is 8.07. The van der Waals surface area contributed by atoms with E-state index in [1.807, 2.05) is 0 Å². The van der Waals surface area contributed by atoms with Gasteiger partial charge in [-0.3, -0.25) is 14.4 Å². The number of rotatable bonds is 7.